The third-order valence-corrected chi connectivity index (χ3v) is 5.22. The molecular formula is C18H19F2N5O2S. The largest absolute Gasteiger partial charge is 0.370 e. The summed E-state index contributed by atoms with van der Waals surface area (Å²) in [6.07, 6.45) is 5.77. The molecule has 3 aromatic rings. The molecule has 2 N–H and O–H groups in total. The number of hydrogen-bond donors (Lipinski definition) is 2. The predicted octanol–water partition coefficient (Wildman–Crippen LogP) is 3.17. The van der Waals surface area contributed by atoms with Gasteiger partial charge in [-0.2, -0.15) is 5.10 Å². The van der Waals surface area contributed by atoms with Crippen LogP contribution in [0.1, 0.15) is 12.0 Å². The van der Waals surface area contributed by atoms with Gasteiger partial charge in [0.1, 0.15) is 10.7 Å². The van der Waals surface area contributed by atoms with E-state index in [1.165, 1.54) is 18.3 Å². The summed E-state index contributed by atoms with van der Waals surface area (Å²) in [6.45, 7) is 3.37. The molecule has 0 aliphatic carbocycles. The van der Waals surface area contributed by atoms with Crippen LogP contribution in [-0.2, 0) is 16.6 Å². The van der Waals surface area contributed by atoms with Crippen LogP contribution in [0.4, 0.5) is 20.3 Å². The molecular weight excluding hydrogens is 388 g/mol. The minimum Gasteiger partial charge on any atom is -0.370 e. The second-order valence-electron chi connectivity index (χ2n) is 6.17. The zero-order valence-electron chi connectivity index (χ0n) is 15.1. The number of aromatic nitrogens is 3. The number of pyridine rings is 1. The highest BCUT2D eigenvalue weighted by atomic mass is 32.2. The van der Waals surface area contributed by atoms with Crippen LogP contribution >= 0.6 is 0 Å². The molecule has 28 heavy (non-hydrogen) atoms. The van der Waals surface area contributed by atoms with Crippen LogP contribution in [0.5, 0.6) is 0 Å². The minimum absolute atomic E-state index is 0.0741. The first kappa shape index (κ1) is 19.7. The monoisotopic (exact) mass is 407 g/mol. The van der Waals surface area contributed by atoms with Crippen LogP contribution in [0.3, 0.4) is 0 Å². The molecule has 0 spiro atoms. The minimum atomic E-state index is -3.96. The molecule has 0 aliphatic heterocycles. The second kappa shape index (κ2) is 8.34. The molecule has 0 atom stereocenters. The lowest BCUT2D eigenvalue weighted by atomic mass is 10.3. The van der Waals surface area contributed by atoms with E-state index in [1.54, 1.807) is 6.20 Å². The summed E-state index contributed by atoms with van der Waals surface area (Å²) in [4.78, 5) is 3.99. The van der Waals surface area contributed by atoms with Crippen LogP contribution in [0, 0.1) is 18.6 Å². The Morgan fingerprint density at radius 1 is 1.11 bits per heavy atom. The molecule has 0 amide bonds. The number of rotatable bonds is 8. The van der Waals surface area contributed by atoms with Gasteiger partial charge in [0.25, 0.3) is 10.0 Å². The van der Waals surface area contributed by atoms with Gasteiger partial charge in [-0.15, -0.1) is 0 Å². The van der Waals surface area contributed by atoms with Gasteiger partial charge in [-0.25, -0.2) is 22.2 Å². The molecule has 0 bridgehead atoms. The van der Waals surface area contributed by atoms with Crippen molar-refractivity contribution >= 4 is 21.5 Å². The molecule has 0 saturated carbocycles. The molecule has 148 valence electrons. The van der Waals surface area contributed by atoms with Crippen molar-refractivity contribution in [1.29, 1.82) is 0 Å². The van der Waals surface area contributed by atoms with Gasteiger partial charge in [0.05, 0.1) is 11.9 Å². The van der Waals surface area contributed by atoms with Crippen LogP contribution in [-0.4, -0.2) is 29.7 Å². The predicted molar refractivity (Wildman–Crippen MR) is 101 cm³/mol. The van der Waals surface area contributed by atoms with Gasteiger partial charge in [-0.1, -0.05) is 0 Å². The Hall–Kier alpha value is -3.01. The van der Waals surface area contributed by atoms with Gasteiger partial charge in [0, 0.05) is 31.5 Å². The van der Waals surface area contributed by atoms with E-state index in [-0.39, 0.29) is 10.6 Å². The standard InChI is InChI=1S/C18H19F2N5O2S/c1-13-10-23-25(12-13)8-2-7-21-18-6-4-15(11-22-18)28(26,27)24-14-3-5-16(19)17(20)9-14/h3-6,9-12,24H,2,7-8H2,1H3,(H,21,22). The smallest absolute Gasteiger partial charge is 0.263 e. The maximum atomic E-state index is 13.2. The van der Waals surface area contributed by atoms with E-state index >= 15 is 0 Å². The van der Waals surface area contributed by atoms with Crippen molar-refractivity contribution in [3.05, 3.63) is 66.1 Å². The number of aryl methyl sites for hydroxylation is 2. The van der Waals surface area contributed by atoms with Crippen LogP contribution in [0.15, 0.2) is 53.8 Å². The Kier molecular flexibility index (Phi) is 5.88. The topological polar surface area (TPSA) is 88.9 Å². The van der Waals surface area contributed by atoms with Crippen LogP contribution < -0.4 is 10.0 Å². The SMILES string of the molecule is Cc1cnn(CCCNc2ccc(S(=O)(=O)Nc3ccc(F)c(F)c3)cn2)c1. The fraction of sp³-hybridized carbons (Fsp3) is 0.222. The lowest BCUT2D eigenvalue weighted by Gasteiger charge is -2.09. The van der Waals surface area contributed by atoms with E-state index in [9.17, 15) is 17.2 Å². The van der Waals surface area contributed by atoms with E-state index in [0.29, 0.717) is 12.4 Å². The lowest BCUT2D eigenvalue weighted by molar-refractivity contribution is 0.509. The highest BCUT2D eigenvalue weighted by molar-refractivity contribution is 7.92. The summed E-state index contributed by atoms with van der Waals surface area (Å²) in [7, 11) is -3.96. The Morgan fingerprint density at radius 3 is 2.57 bits per heavy atom. The summed E-state index contributed by atoms with van der Waals surface area (Å²) in [5, 5.41) is 7.30. The quantitative estimate of drug-likeness (QED) is 0.560. The molecule has 0 radical (unpaired) electrons. The van der Waals surface area contributed by atoms with Gasteiger partial charge in [-0.05, 0) is 43.2 Å². The van der Waals surface area contributed by atoms with E-state index in [0.717, 1.165) is 36.7 Å². The van der Waals surface area contributed by atoms with Crippen molar-refractivity contribution in [2.45, 2.75) is 24.8 Å². The average molecular weight is 407 g/mol. The third kappa shape index (κ3) is 5.03. The molecule has 0 fully saturated rings. The number of benzene rings is 1. The fourth-order valence-electron chi connectivity index (χ4n) is 2.46. The number of nitrogens with zero attached hydrogens (tertiary/aromatic N) is 3. The molecule has 2 heterocycles. The summed E-state index contributed by atoms with van der Waals surface area (Å²) in [6, 6.07) is 5.69. The molecule has 0 unspecified atom stereocenters. The summed E-state index contributed by atoms with van der Waals surface area (Å²) in [5.74, 6) is -1.66. The molecule has 10 heteroatoms. The summed E-state index contributed by atoms with van der Waals surface area (Å²) < 4.78 is 54.9. The van der Waals surface area contributed by atoms with Crippen molar-refractivity contribution in [1.82, 2.24) is 14.8 Å². The zero-order chi connectivity index (χ0) is 20.1. The fourth-order valence-corrected chi connectivity index (χ4v) is 3.46. The first-order chi connectivity index (χ1) is 13.3. The third-order valence-electron chi connectivity index (χ3n) is 3.85. The summed E-state index contributed by atoms with van der Waals surface area (Å²) in [5.41, 5.74) is 1.03. The normalized spacial score (nSPS) is 11.4. The molecule has 2 aromatic heterocycles. The van der Waals surface area contributed by atoms with Gasteiger partial charge in [0.15, 0.2) is 11.6 Å². The number of anilines is 2. The Labute approximate surface area is 161 Å². The van der Waals surface area contributed by atoms with Gasteiger partial charge >= 0.3 is 0 Å². The van der Waals surface area contributed by atoms with Crippen molar-refractivity contribution in [3.63, 3.8) is 0 Å². The lowest BCUT2D eigenvalue weighted by Crippen LogP contribution is -2.14. The van der Waals surface area contributed by atoms with Crippen molar-refractivity contribution in [3.8, 4) is 0 Å². The maximum absolute atomic E-state index is 13.2. The Bertz CT molecular complexity index is 1050. The second-order valence-corrected chi connectivity index (χ2v) is 7.86. The van der Waals surface area contributed by atoms with E-state index < -0.39 is 21.7 Å². The van der Waals surface area contributed by atoms with E-state index in [4.69, 9.17) is 0 Å². The van der Waals surface area contributed by atoms with E-state index in [2.05, 4.69) is 20.1 Å². The average Bonchev–Trinajstić information content (AvgIpc) is 3.07. The number of hydrogen-bond acceptors (Lipinski definition) is 5. The Morgan fingerprint density at radius 2 is 1.93 bits per heavy atom. The maximum Gasteiger partial charge on any atom is 0.263 e. The number of nitrogens with one attached hydrogen (secondary N) is 2. The highest BCUT2D eigenvalue weighted by Gasteiger charge is 2.15. The van der Waals surface area contributed by atoms with Gasteiger partial charge in [0.2, 0.25) is 0 Å². The first-order valence-electron chi connectivity index (χ1n) is 8.50. The van der Waals surface area contributed by atoms with Crippen LogP contribution in [0.2, 0.25) is 0 Å². The van der Waals surface area contributed by atoms with Crippen LogP contribution in [0.25, 0.3) is 0 Å². The molecule has 3 rings (SSSR count). The van der Waals surface area contributed by atoms with Crippen molar-refractivity contribution < 1.29 is 17.2 Å². The van der Waals surface area contributed by atoms with Gasteiger partial charge < -0.3 is 5.32 Å². The van der Waals surface area contributed by atoms with Gasteiger partial charge in [-0.3, -0.25) is 9.40 Å². The number of halogens is 2. The highest BCUT2D eigenvalue weighted by Crippen LogP contribution is 2.18. The first-order valence-corrected chi connectivity index (χ1v) is 9.99. The zero-order valence-corrected chi connectivity index (χ0v) is 15.9. The molecule has 0 saturated heterocycles. The Balaban J connectivity index is 1.55. The van der Waals surface area contributed by atoms with Crippen molar-refractivity contribution in [2.75, 3.05) is 16.6 Å². The van der Waals surface area contributed by atoms with Crippen molar-refractivity contribution in [2.24, 2.45) is 0 Å². The molecule has 1 aromatic carbocycles. The molecule has 7 nitrogen and oxygen atoms in total. The summed E-state index contributed by atoms with van der Waals surface area (Å²) >= 11 is 0. The van der Waals surface area contributed by atoms with E-state index in [1.807, 2.05) is 17.8 Å². The molecule has 0 aliphatic rings. The number of sulfonamides is 1.